The number of ether oxygens (including phenoxy) is 2. The molecule has 0 spiro atoms. The SMILES string of the molecule is C=C(C)C(=O)OC(C)C(=O)OC(=O)C(C)(C)C. The van der Waals surface area contributed by atoms with Gasteiger partial charge in [-0.15, -0.1) is 0 Å². The van der Waals surface area contributed by atoms with Gasteiger partial charge in [0.15, 0.2) is 6.10 Å². The van der Waals surface area contributed by atoms with Gasteiger partial charge in [-0.05, 0) is 34.6 Å². The van der Waals surface area contributed by atoms with Crippen LogP contribution in [0.25, 0.3) is 0 Å². The van der Waals surface area contributed by atoms with E-state index in [4.69, 9.17) is 4.74 Å². The van der Waals surface area contributed by atoms with Crippen LogP contribution in [0.3, 0.4) is 0 Å². The molecule has 0 aromatic carbocycles. The van der Waals surface area contributed by atoms with Crippen LogP contribution in [-0.4, -0.2) is 24.0 Å². The first-order chi connectivity index (χ1) is 7.55. The van der Waals surface area contributed by atoms with Gasteiger partial charge in [0.05, 0.1) is 5.41 Å². The second kappa shape index (κ2) is 5.61. The molecule has 0 N–H and O–H groups in total. The molecule has 0 aromatic rings. The van der Waals surface area contributed by atoms with E-state index < -0.39 is 29.4 Å². The van der Waals surface area contributed by atoms with Gasteiger partial charge in [0.2, 0.25) is 0 Å². The fourth-order valence-corrected chi connectivity index (χ4v) is 0.637. The Balaban J connectivity index is 4.39. The molecule has 0 saturated carbocycles. The summed E-state index contributed by atoms with van der Waals surface area (Å²) in [6.07, 6.45) is -1.13. The van der Waals surface area contributed by atoms with E-state index in [0.717, 1.165) is 0 Å². The van der Waals surface area contributed by atoms with Crippen LogP contribution in [0, 0.1) is 5.41 Å². The molecule has 0 bridgehead atoms. The minimum absolute atomic E-state index is 0.173. The van der Waals surface area contributed by atoms with Gasteiger partial charge < -0.3 is 9.47 Å². The van der Waals surface area contributed by atoms with Crippen LogP contribution in [0.15, 0.2) is 12.2 Å². The lowest BCUT2D eigenvalue weighted by atomic mass is 9.97. The molecule has 0 heterocycles. The fourth-order valence-electron chi connectivity index (χ4n) is 0.637. The summed E-state index contributed by atoms with van der Waals surface area (Å²) < 4.78 is 9.29. The highest BCUT2D eigenvalue weighted by atomic mass is 16.6. The number of hydrogen-bond donors (Lipinski definition) is 0. The maximum absolute atomic E-state index is 11.4. The van der Waals surface area contributed by atoms with Gasteiger partial charge in [-0.25, -0.2) is 9.59 Å². The lowest BCUT2D eigenvalue weighted by molar-refractivity contribution is -0.175. The molecule has 0 amide bonds. The van der Waals surface area contributed by atoms with Crippen molar-refractivity contribution in [3.05, 3.63) is 12.2 Å². The van der Waals surface area contributed by atoms with E-state index in [0.29, 0.717) is 0 Å². The quantitative estimate of drug-likeness (QED) is 0.427. The van der Waals surface area contributed by atoms with Gasteiger partial charge in [0, 0.05) is 5.57 Å². The van der Waals surface area contributed by atoms with Gasteiger partial charge in [-0.2, -0.15) is 0 Å². The molecule has 1 unspecified atom stereocenters. The standard InChI is InChI=1S/C12H18O5/c1-7(2)9(13)16-8(3)10(14)17-11(15)12(4,5)6/h8H,1H2,2-6H3. The molecule has 5 nitrogen and oxygen atoms in total. The van der Waals surface area contributed by atoms with Crippen molar-refractivity contribution in [1.29, 1.82) is 0 Å². The summed E-state index contributed by atoms with van der Waals surface area (Å²) in [5.41, 5.74) is -0.611. The number of hydrogen-bond acceptors (Lipinski definition) is 5. The van der Waals surface area contributed by atoms with E-state index in [1.165, 1.54) is 13.8 Å². The van der Waals surface area contributed by atoms with E-state index in [9.17, 15) is 14.4 Å². The summed E-state index contributed by atoms with van der Waals surface area (Å²) in [5, 5.41) is 0. The Morgan fingerprint density at radius 2 is 1.65 bits per heavy atom. The van der Waals surface area contributed by atoms with Crippen molar-refractivity contribution < 1.29 is 23.9 Å². The Kier molecular flexibility index (Phi) is 5.07. The van der Waals surface area contributed by atoms with Crippen molar-refractivity contribution in [2.45, 2.75) is 40.7 Å². The summed E-state index contributed by atoms with van der Waals surface area (Å²) in [4.78, 5) is 33.9. The third kappa shape index (κ3) is 5.29. The van der Waals surface area contributed by atoms with E-state index >= 15 is 0 Å². The van der Waals surface area contributed by atoms with Crippen molar-refractivity contribution in [3.63, 3.8) is 0 Å². The molecule has 0 rings (SSSR count). The maximum Gasteiger partial charge on any atom is 0.354 e. The summed E-state index contributed by atoms with van der Waals surface area (Å²) in [6.45, 7) is 11.0. The van der Waals surface area contributed by atoms with Crippen molar-refractivity contribution in [1.82, 2.24) is 0 Å². The predicted molar refractivity (Wildman–Crippen MR) is 60.9 cm³/mol. The normalized spacial score (nSPS) is 12.5. The zero-order valence-electron chi connectivity index (χ0n) is 10.8. The van der Waals surface area contributed by atoms with E-state index in [1.54, 1.807) is 20.8 Å². The average molecular weight is 242 g/mol. The van der Waals surface area contributed by atoms with Crippen LogP contribution in [0.1, 0.15) is 34.6 Å². The van der Waals surface area contributed by atoms with Crippen LogP contribution in [0.5, 0.6) is 0 Å². The average Bonchev–Trinajstić information content (AvgIpc) is 2.15. The summed E-state index contributed by atoms with van der Waals surface area (Å²) in [5.74, 6) is -2.25. The third-order valence-electron chi connectivity index (χ3n) is 1.77. The van der Waals surface area contributed by atoms with Crippen LogP contribution in [-0.2, 0) is 23.9 Å². The molecule has 5 heteroatoms. The van der Waals surface area contributed by atoms with Gasteiger partial charge in [0.25, 0.3) is 0 Å². The minimum atomic E-state index is -1.13. The Labute approximate surface area is 101 Å². The first kappa shape index (κ1) is 15.3. The molecule has 0 aliphatic carbocycles. The van der Waals surface area contributed by atoms with E-state index in [1.807, 2.05) is 0 Å². The lowest BCUT2D eigenvalue weighted by Gasteiger charge is -2.17. The Hall–Kier alpha value is -1.65. The zero-order valence-corrected chi connectivity index (χ0v) is 10.8. The van der Waals surface area contributed by atoms with Crippen molar-refractivity contribution in [2.24, 2.45) is 5.41 Å². The smallest absolute Gasteiger partial charge is 0.354 e. The van der Waals surface area contributed by atoms with Crippen molar-refractivity contribution in [2.75, 3.05) is 0 Å². The highest BCUT2D eigenvalue weighted by Gasteiger charge is 2.29. The van der Waals surface area contributed by atoms with Crippen molar-refractivity contribution >= 4 is 17.9 Å². The van der Waals surface area contributed by atoms with Gasteiger partial charge >= 0.3 is 17.9 Å². The molecule has 0 radical (unpaired) electrons. The van der Waals surface area contributed by atoms with Crippen LogP contribution >= 0.6 is 0 Å². The minimum Gasteiger partial charge on any atom is -0.447 e. The lowest BCUT2D eigenvalue weighted by Crippen LogP contribution is -2.32. The van der Waals surface area contributed by atoms with Gasteiger partial charge in [-0.3, -0.25) is 4.79 Å². The largest absolute Gasteiger partial charge is 0.447 e. The van der Waals surface area contributed by atoms with Gasteiger partial charge in [0.1, 0.15) is 0 Å². The third-order valence-corrected chi connectivity index (χ3v) is 1.77. The topological polar surface area (TPSA) is 69.7 Å². The Morgan fingerprint density at radius 3 is 2.00 bits per heavy atom. The number of carbonyl (C=O) groups excluding carboxylic acids is 3. The zero-order chi connectivity index (χ0) is 13.8. The van der Waals surface area contributed by atoms with E-state index in [-0.39, 0.29) is 5.57 Å². The molecular formula is C12H18O5. The summed E-state index contributed by atoms with van der Waals surface area (Å²) in [6, 6.07) is 0. The highest BCUT2D eigenvalue weighted by Crippen LogP contribution is 2.16. The molecule has 0 aromatic heterocycles. The maximum atomic E-state index is 11.4. The number of esters is 3. The van der Waals surface area contributed by atoms with Crippen LogP contribution < -0.4 is 0 Å². The van der Waals surface area contributed by atoms with Crippen LogP contribution in [0.4, 0.5) is 0 Å². The molecule has 17 heavy (non-hydrogen) atoms. The van der Waals surface area contributed by atoms with E-state index in [2.05, 4.69) is 11.3 Å². The fraction of sp³-hybridized carbons (Fsp3) is 0.583. The molecule has 0 aliphatic heterocycles. The Bertz CT molecular complexity index is 348. The molecule has 0 saturated heterocycles. The first-order valence-electron chi connectivity index (χ1n) is 5.18. The van der Waals surface area contributed by atoms with Gasteiger partial charge in [-0.1, -0.05) is 6.58 Å². The molecular weight excluding hydrogens is 224 g/mol. The van der Waals surface area contributed by atoms with Crippen LogP contribution in [0.2, 0.25) is 0 Å². The molecule has 1 atom stereocenters. The number of carbonyl (C=O) groups is 3. The second-order valence-electron chi connectivity index (χ2n) is 4.79. The number of rotatable bonds is 3. The monoisotopic (exact) mass is 242 g/mol. The molecule has 0 aliphatic rings. The summed E-state index contributed by atoms with van der Waals surface area (Å²) in [7, 11) is 0. The molecule has 96 valence electrons. The second-order valence-corrected chi connectivity index (χ2v) is 4.79. The summed E-state index contributed by atoms with van der Waals surface area (Å²) >= 11 is 0. The van der Waals surface area contributed by atoms with Crippen molar-refractivity contribution in [3.8, 4) is 0 Å². The Morgan fingerprint density at radius 1 is 1.18 bits per heavy atom. The highest BCUT2D eigenvalue weighted by molar-refractivity contribution is 5.93. The first-order valence-corrected chi connectivity index (χ1v) is 5.18. The predicted octanol–water partition coefficient (Wildman–Crippen LogP) is 1.61. The molecule has 0 fully saturated rings.